The van der Waals surface area contributed by atoms with Crippen molar-refractivity contribution in [3.8, 4) is 11.5 Å². The molecule has 0 atom stereocenters. The summed E-state index contributed by atoms with van der Waals surface area (Å²) in [7, 11) is 1.37. The van der Waals surface area contributed by atoms with Crippen LogP contribution in [0.3, 0.4) is 0 Å². The van der Waals surface area contributed by atoms with E-state index >= 15 is 0 Å². The van der Waals surface area contributed by atoms with Crippen LogP contribution in [0.15, 0.2) is 35.1 Å². The molecule has 0 spiro atoms. The number of likely N-dealkylation sites (tertiary alicyclic amines) is 1. The SMILES string of the molecule is CCOc1cc(C(=O)NC2CCN(C(=O)c3ccoc3)CC2)c([N+](=O)[O-])cc1OC. The molecule has 30 heavy (non-hydrogen) atoms. The summed E-state index contributed by atoms with van der Waals surface area (Å²) >= 11 is 0. The van der Waals surface area contributed by atoms with E-state index < -0.39 is 10.8 Å². The molecule has 2 amide bonds. The Morgan fingerprint density at radius 3 is 2.60 bits per heavy atom. The fourth-order valence-electron chi connectivity index (χ4n) is 3.37. The zero-order valence-electron chi connectivity index (χ0n) is 16.8. The minimum absolute atomic E-state index is 0.0962. The summed E-state index contributed by atoms with van der Waals surface area (Å²) in [6, 6.07) is 3.91. The highest BCUT2D eigenvalue weighted by molar-refractivity contribution is 5.99. The Balaban J connectivity index is 1.69. The average molecular weight is 417 g/mol. The van der Waals surface area contributed by atoms with E-state index in [1.54, 1.807) is 17.9 Å². The molecule has 2 heterocycles. The molecule has 0 unspecified atom stereocenters. The predicted octanol–water partition coefficient (Wildman–Crippen LogP) is 2.63. The van der Waals surface area contributed by atoms with Gasteiger partial charge in [-0.15, -0.1) is 0 Å². The van der Waals surface area contributed by atoms with Crippen LogP contribution in [0.4, 0.5) is 5.69 Å². The number of nitro benzene ring substituents is 1. The third-order valence-corrected chi connectivity index (χ3v) is 4.91. The Labute approximate surface area is 172 Å². The zero-order valence-corrected chi connectivity index (χ0v) is 16.8. The summed E-state index contributed by atoms with van der Waals surface area (Å²) in [5.41, 5.74) is 0.0244. The molecule has 0 saturated carbocycles. The van der Waals surface area contributed by atoms with E-state index in [2.05, 4.69) is 5.32 Å². The number of piperidine rings is 1. The van der Waals surface area contributed by atoms with Gasteiger partial charge in [0.1, 0.15) is 11.8 Å². The minimum Gasteiger partial charge on any atom is -0.493 e. The zero-order chi connectivity index (χ0) is 21.7. The van der Waals surface area contributed by atoms with Crippen LogP contribution in [-0.2, 0) is 0 Å². The topological polar surface area (TPSA) is 124 Å². The third kappa shape index (κ3) is 4.53. The summed E-state index contributed by atoms with van der Waals surface area (Å²) in [4.78, 5) is 37.7. The van der Waals surface area contributed by atoms with Crippen molar-refractivity contribution in [3.05, 3.63) is 52.0 Å². The number of hydrogen-bond acceptors (Lipinski definition) is 7. The van der Waals surface area contributed by atoms with E-state index in [0.29, 0.717) is 38.1 Å². The summed E-state index contributed by atoms with van der Waals surface area (Å²) in [5, 5.41) is 14.3. The van der Waals surface area contributed by atoms with Crippen LogP contribution in [0.25, 0.3) is 0 Å². The number of hydrogen-bond donors (Lipinski definition) is 1. The fourth-order valence-corrected chi connectivity index (χ4v) is 3.37. The van der Waals surface area contributed by atoms with Gasteiger partial charge in [-0.25, -0.2) is 0 Å². The van der Waals surface area contributed by atoms with Gasteiger partial charge in [0.2, 0.25) is 0 Å². The van der Waals surface area contributed by atoms with Crippen molar-refractivity contribution in [1.82, 2.24) is 10.2 Å². The van der Waals surface area contributed by atoms with Crippen molar-refractivity contribution in [2.24, 2.45) is 0 Å². The van der Waals surface area contributed by atoms with Gasteiger partial charge >= 0.3 is 0 Å². The van der Waals surface area contributed by atoms with Gasteiger partial charge in [0.05, 0.1) is 36.5 Å². The van der Waals surface area contributed by atoms with Gasteiger partial charge in [-0.2, -0.15) is 0 Å². The molecule has 1 aliphatic heterocycles. The first-order valence-corrected chi connectivity index (χ1v) is 9.56. The van der Waals surface area contributed by atoms with Crippen LogP contribution in [0.2, 0.25) is 0 Å². The first-order valence-electron chi connectivity index (χ1n) is 9.56. The lowest BCUT2D eigenvalue weighted by molar-refractivity contribution is -0.385. The summed E-state index contributed by atoms with van der Waals surface area (Å²) < 4.78 is 15.5. The number of nitrogens with one attached hydrogen (secondary N) is 1. The number of rotatable bonds is 7. The van der Waals surface area contributed by atoms with Crippen molar-refractivity contribution in [2.75, 3.05) is 26.8 Å². The maximum absolute atomic E-state index is 12.8. The van der Waals surface area contributed by atoms with Crippen molar-refractivity contribution >= 4 is 17.5 Å². The molecule has 1 aliphatic rings. The lowest BCUT2D eigenvalue weighted by Gasteiger charge is -2.32. The summed E-state index contributed by atoms with van der Waals surface area (Å²) in [6.45, 7) is 3.01. The average Bonchev–Trinajstić information content (AvgIpc) is 3.28. The smallest absolute Gasteiger partial charge is 0.286 e. The lowest BCUT2D eigenvalue weighted by atomic mass is 10.0. The highest BCUT2D eigenvalue weighted by Gasteiger charge is 2.29. The molecule has 0 bridgehead atoms. The van der Waals surface area contributed by atoms with Gasteiger partial charge in [-0.3, -0.25) is 19.7 Å². The molecule has 2 aromatic rings. The van der Waals surface area contributed by atoms with E-state index in [-0.39, 0.29) is 34.7 Å². The molecule has 3 rings (SSSR count). The van der Waals surface area contributed by atoms with Crippen LogP contribution < -0.4 is 14.8 Å². The first-order chi connectivity index (χ1) is 14.4. The lowest BCUT2D eigenvalue weighted by Crippen LogP contribution is -2.46. The van der Waals surface area contributed by atoms with Crippen molar-refractivity contribution in [3.63, 3.8) is 0 Å². The van der Waals surface area contributed by atoms with Gasteiger partial charge in [0.25, 0.3) is 17.5 Å². The second-order valence-corrected chi connectivity index (χ2v) is 6.76. The van der Waals surface area contributed by atoms with Gasteiger partial charge in [-0.05, 0) is 25.8 Å². The van der Waals surface area contributed by atoms with E-state index in [9.17, 15) is 19.7 Å². The van der Waals surface area contributed by atoms with Gasteiger partial charge in [0, 0.05) is 25.2 Å². The van der Waals surface area contributed by atoms with Crippen LogP contribution in [0.1, 0.15) is 40.5 Å². The molecule has 1 N–H and O–H groups in total. The van der Waals surface area contributed by atoms with E-state index in [4.69, 9.17) is 13.9 Å². The second-order valence-electron chi connectivity index (χ2n) is 6.76. The Kier molecular flexibility index (Phi) is 6.55. The molecule has 1 aromatic heterocycles. The molecular weight excluding hydrogens is 394 g/mol. The number of amides is 2. The molecule has 10 heteroatoms. The Hall–Kier alpha value is -3.56. The monoisotopic (exact) mass is 417 g/mol. The number of furan rings is 1. The molecule has 0 radical (unpaired) electrons. The Morgan fingerprint density at radius 2 is 2.03 bits per heavy atom. The maximum Gasteiger partial charge on any atom is 0.286 e. The number of nitrogens with zero attached hydrogens (tertiary/aromatic N) is 2. The van der Waals surface area contributed by atoms with Gasteiger partial charge < -0.3 is 24.1 Å². The molecule has 160 valence electrons. The normalized spacial score (nSPS) is 14.3. The minimum atomic E-state index is -0.626. The number of nitro groups is 1. The fraction of sp³-hybridized carbons (Fsp3) is 0.400. The molecule has 1 saturated heterocycles. The molecule has 1 aromatic carbocycles. The highest BCUT2D eigenvalue weighted by Crippen LogP contribution is 2.35. The number of benzene rings is 1. The van der Waals surface area contributed by atoms with Gasteiger partial charge in [-0.1, -0.05) is 0 Å². The van der Waals surface area contributed by atoms with Crippen LogP contribution in [-0.4, -0.2) is 54.5 Å². The number of carbonyl (C=O) groups excluding carboxylic acids is 2. The van der Waals surface area contributed by atoms with Crippen molar-refractivity contribution in [2.45, 2.75) is 25.8 Å². The molecule has 0 aliphatic carbocycles. The number of methoxy groups -OCH3 is 1. The number of ether oxygens (including phenoxy) is 2. The standard InChI is InChI=1S/C20H23N3O7/c1-3-30-18-10-15(16(23(26)27)11-17(18)28-2)19(24)21-14-4-7-22(8-5-14)20(25)13-6-9-29-12-13/h6,9-12,14H,3-5,7-8H2,1-2H3,(H,21,24). The predicted molar refractivity (Wildman–Crippen MR) is 106 cm³/mol. The van der Waals surface area contributed by atoms with Crippen LogP contribution in [0.5, 0.6) is 11.5 Å². The van der Waals surface area contributed by atoms with E-state index in [0.717, 1.165) is 0 Å². The summed E-state index contributed by atoms with van der Waals surface area (Å²) in [6.07, 6.45) is 3.92. The molecule has 10 nitrogen and oxygen atoms in total. The van der Waals surface area contributed by atoms with Crippen LogP contribution >= 0.6 is 0 Å². The highest BCUT2D eigenvalue weighted by atomic mass is 16.6. The van der Waals surface area contributed by atoms with Crippen molar-refractivity contribution < 1.29 is 28.4 Å². The van der Waals surface area contributed by atoms with E-state index in [1.807, 2.05) is 0 Å². The molecular formula is C20H23N3O7. The van der Waals surface area contributed by atoms with Crippen LogP contribution in [0, 0.1) is 10.1 Å². The molecule has 1 fully saturated rings. The quantitative estimate of drug-likeness (QED) is 0.542. The van der Waals surface area contributed by atoms with Gasteiger partial charge in [0.15, 0.2) is 11.5 Å². The largest absolute Gasteiger partial charge is 0.493 e. The maximum atomic E-state index is 12.8. The Bertz CT molecular complexity index is 919. The van der Waals surface area contributed by atoms with E-state index in [1.165, 1.54) is 31.8 Å². The third-order valence-electron chi connectivity index (χ3n) is 4.91. The van der Waals surface area contributed by atoms with Crippen molar-refractivity contribution in [1.29, 1.82) is 0 Å². The second kappa shape index (κ2) is 9.29. The first kappa shape index (κ1) is 21.2. The Morgan fingerprint density at radius 1 is 1.30 bits per heavy atom. The number of carbonyl (C=O) groups is 2. The summed E-state index contributed by atoms with van der Waals surface area (Å²) in [5.74, 6) is -0.243.